The molecule has 0 amide bonds. The lowest BCUT2D eigenvalue weighted by Gasteiger charge is -2.17. The van der Waals surface area contributed by atoms with Crippen LogP contribution >= 0.6 is 0 Å². The van der Waals surface area contributed by atoms with Gasteiger partial charge in [-0.25, -0.2) is 0 Å². The molecule has 0 spiro atoms. The fraction of sp³-hybridized carbons (Fsp3) is 0.692. The molecule has 0 rings (SSSR count). The smallest absolute Gasteiger partial charge is 0.0203 e. The standard InChI is InChI=1S/C13H24/c1-5-9-11-13(8-4)12(7-3)10-6-2/h6,10,13H,2,5,7-9,11H2,1,3-4H3/b12-10-. The van der Waals surface area contributed by atoms with E-state index in [1.54, 1.807) is 5.57 Å². The molecular weight excluding hydrogens is 156 g/mol. The van der Waals surface area contributed by atoms with Gasteiger partial charge < -0.3 is 0 Å². The van der Waals surface area contributed by atoms with E-state index in [9.17, 15) is 0 Å². The van der Waals surface area contributed by atoms with Crippen molar-refractivity contribution >= 4 is 0 Å². The Hall–Kier alpha value is -0.520. The van der Waals surface area contributed by atoms with E-state index in [0.717, 1.165) is 5.92 Å². The van der Waals surface area contributed by atoms with Crippen LogP contribution in [0.4, 0.5) is 0 Å². The van der Waals surface area contributed by atoms with Crippen molar-refractivity contribution in [3.05, 3.63) is 24.3 Å². The molecule has 0 fully saturated rings. The van der Waals surface area contributed by atoms with Crippen molar-refractivity contribution in [1.29, 1.82) is 0 Å². The molecule has 0 aliphatic carbocycles. The van der Waals surface area contributed by atoms with Gasteiger partial charge in [0.15, 0.2) is 0 Å². The van der Waals surface area contributed by atoms with Gasteiger partial charge in [-0.2, -0.15) is 0 Å². The van der Waals surface area contributed by atoms with Crippen LogP contribution < -0.4 is 0 Å². The second kappa shape index (κ2) is 8.10. The lowest BCUT2D eigenvalue weighted by molar-refractivity contribution is 0.504. The highest BCUT2D eigenvalue weighted by Gasteiger charge is 2.08. The van der Waals surface area contributed by atoms with Crippen molar-refractivity contribution in [3.63, 3.8) is 0 Å². The highest BCUT2D eigenvalue weighted by atomic mass is 14.1. The molecule has 0 aromatic carbocycles. The van der Waals surface area contributed by atoms with Gasteiger partial charge in [0.1, 0.15) is 0 Å². The Balaban J connectivity index is 4.16. The first-order valence-corrected chi connectivity index (χ1v) is 5.61. The van der Waals surface area contributed by atoms with Crippen molar-refractivity contribution in [2.24, 2.45) is 5.92 Å². The summed E-state index contributed by atoms with van der Waals surface area (Å²) in [6.45, 7) is 10.6. The molecule has 0 saturated carbocycles. The molecule has 0 bridgehead atoms. The summed E-state index contributed by atoms with van der Waals surface area (Å²) >= 11 is 0. The molecule has 0 N–H and O–H groups in total. The van der Waals surface area contributed by atoms with Gasteiger partial charge in [0.2, 0.25) is 0 Å². The number of unbranched alkanes of at least 4 members (excludes halogenated alkanes) is 1. The maximum Gasteiger partial charge on any atom is -0.0203 e. The van der Waals surface area contributed by atoms with Crippen LogP contribution in [0.15, 0.2) is 24.3 Å². The van der Waals surface area contributed by atoms with Crippen molar-refractivity contribution in [2.45, 2.75) is 52.9 Å². The molecule has 13 heavy (non-hydrogen) atoms. The van der Waals surface area contributed by atoms with E-state index in [2.05, 4.69) is 33.4 Å². The molecule has 0 aromatic heterocycles. The molecule has 1 atom stereocenters. The normalized spacial score (nSPS) is 14.2. The maximum absolute atomic E-state index is 3.77. The average molecular weight is 180 g/mol. The molecule has 0 heterocycles. The van der Waals surface area contributed by atoms with Crippen LogP contribution in [0, 0.1) is 5.92 Å². The average Bonchev–Trinajstić information content (AvgIpc) is 2.17. The second-order valence-corrected chi connectivity index (χ2v) is 3.58. The molecule has 0 radical (unpaired) electrons. The van der Waals surface area contributed by atoms with Gasteiger partial charge in [-0.05, 0) is 25.2 Å². The summed E-state index contributed by atoms with van der Waals surface area (Å²) < 4.78 is 0. The number of hydrogen-bond donors (Lipinski definition) is 0. The van der Waals surface area contributed by atoms with E-state index >= 15 is 0 Å². The highest BCUT2D eigenvalue weighted by Crippen LogP contribution is 2.23. The minimum absolute atomic E-state index is 0.794. The first-order valence-electron chi connectivity index (χ1n) is 5.61. The fourth-order valence-corrected chi connectivity index (χ4v) is 1.80. The molecule has 0 aromatic rings. The first kappa shape index (κ1) is 12.5. The summed E-state index contributed by atoms with van der Waals surface area (Å²) in [7, 11) is 0. The van der Waals surface area contributed by atoms with E-state index in [1.807, 2.05) is 6.08 Å². The number of hydrogen-bond acceptors (Lipinski definition) is 0. The molecule has 0 aliphatic heterocycles. The summed E-state index contributed by atoms with van der Waals surface area (Å²) in [5.41, 5.74) is 1.57. The van der Waals surface area contributed by atoms with Gasteiger partial charge in [0, 0.05) is 0 Å². The maximum atomic E-state index is 3.77. The van der Waals surface area contributed by atoms with Gasteiger partial charge in [0.25, 0.3) is 0 Å². The van der Waals surface area contributed by atoms with Gasteiger partial charge in [0.05, 0.1) is 0 Å². The lowest BCUT2D eigenvalue weighted by Crippen LogP contribution is -2.02. The van der Waals surface area contributed by atoms with Crippen LogP contribution in [0.5, 0.6) is 0 Å². The molecular formula is C13H24. The highest BCUT2D eigenvalue weighted by molar-refractivity contribution is 5.13. The third-order valence-electron chi connectivity index (χ3n) is 2.66. The van der Waals surface area contributed by atoms with Crippen LogP contribution in [-0.2, 0) is 0 Å². The zero-order chi connectivity index (χ0) is 10.1. The second-order valence-electron chi connectivity index (χ2n) is 3.58. The molecule has 0 aliphatic rings. The molecule has 76 valence electrons. The topological polar surface area (TPSA) is 0 Å². The van der Waals surface area contributed by atoms with Crippen molar-refractivity contribution in [2.75, 3.05) is 0 Å². The van der Waals surface area contributed by atoms with Crippen LogP contribution in [-0.4, -0.2) is 0 Å². The van der Waals surface area contributed by atoms with Crippen molar-refractivity contribution in [3.8, 4) is 0 Å². The number of rotatable bonds is 7. The van der Waals surface area contributed by atoms with Gasteiger partial charge in [-0.15, -0.1) is 0 Å². The predicted molar refractivity (Wildman–Crippen MR) is 61.9 cm³/mol. The van der Waals surface area contributed by atoms with E-state index in [4.69, 9.17) is 0 Å². The fourth-order valence-electron chi connectivity index (χ4n) is 1.80. The van der Waals surface area contributed by atoms with Gasteiger partial charge in [-0.1, -0.05) is 57.9 Å². The monoisotopic (exact) mass is 180 g/mol. The number of allylic oxidation sites excluding steroid dienone is 3. The summed E-state index contributed by atoms with van der Waals surface area (Å²) in [4.78, 5) is 0. The molecule has 1 unspecified atom stereocenters. The quantitative estimate of drug-likeness (QED) is 0.497. The van der Waals surface area contributed by atoms with Crippen LogP contribution in [0.1, 0.15) is 52.9 Å². The van der Waals surface area contributed by atoms with Crippen molar-refractivity contribution in [1.82, 2.24) is 0 Å². The Morgan fingerprint density at radius 3 is 2.38 bits per heavy atom. The SMILES string of the molecule is C=C/C=C(/CC)C(CC)CCCC. The molecule has 0 nitrogen and oxygen atoms in total. The molecule has 0 saturated heterocycles. The van der Waals surface area contributed by atoms with E-state index in [-0.39, 0.29) is 0 Å². The summed E-state index contributed by atoms with van der Waals surface area (Å²) in [6.07, 6.45) is 10.6. The first-order chi connectivity index (χ1) is 6.29. The lowest BCUT2D eigenvalue weighted by atomic mass is 9.89. The minimum atomic E-state index is 0.794. The Morgan fingerprint density at radius 2 is 2.00 bits per heavy atom. The van der Waals surface area contributed by atoms with Crippen LogP contribution in [0.25, 0.3) is 0 Å². The van der Waals surface area contributed by atoms with E-state index < -0.39 is 0 Å². The predicted octanol–water partition coefficient (Wildman–Crippen LogP) is 4.73. The third-order valence-corrected chi connectivity index (χ3v) is 2.66. The summed E-state index contributed by atoms with van der Waals surface area (Å²) in [5.74, 6) is 0.794. The Bertz CT molecular complexity index is 153. The minimum Gasteiger partial charge on any atom is -0.0991 e. The zero-order valence-corrected chi connectivity index (χ0v) is 9.47. The molecule has 0 heteroatoms. The van der Waals surface area contributed by atoms with Crippen LogP contribution in [0.2, 0.25) is 0 Å². The largest absolute Gasteiger partial charge is 0.0991 e. The Kier molecular flexibility index (Phi) is 7.77. The third kappa shape index (κ3) is 4.92. The zero-order valence-electron chi connectivity index (χ0n) is 9.47. The van der Waals surface area contributed by atoms with Gasteiger partial charge >= 0.3 is 0 Å². The van der Waals surface area contributed by atoms with E-state index in [0.29, 0.717) is 0 Å². The summed E-state index contributed by atoms with van der Waals surface area (Å²) in [5, 5.41) is 0. The summed E-state index contributed by atoms with van der Waals surface area (Å²) in [6, 6.07) is 0. The Labute approximate surface area is 83.7 Å². The van der Waals surface area contributed by atoms with Crippen LogP contribution in [0.3, 0.4) is 0 Å². The van der Waals surface area contributed by atoms with Crippen molar-refractivity contribution < 1.29 is 0 Å². The van der Waals surface area contributed by atoms with E-state index in [1.165, 1.54) is 32.1 Å². The van der Waals surface area contributed by atoms with Gasteiger partial charge in [-0.3, -0.25) is 0 Å². The Morgan fingerprint density at radius 1 is 1.31 bits per heavy atom.